The Morgan fingerprint density at radius 3 is 2.43 bits per heavy atom. The van der Waals surface area contributed by atoms with Crippen LogP contribution in [0.3, 0.4) is 0 Å². The van der Waals surface area contributed by atoms with Crippen LogP contribution in [0.25, 0.3) is 0 Å². The third kappa shape index (κ3) is 7.81. The van der Waals surface area contributed by atoms with Gasteiger partial charge in [-0.15, -0.1) is 11.6 Å². The monoisotopic (exact) mass is 525 g/mol. The van der Waals surface area contributed by atoms with E-state index in [0.717, 1.165) is 24.8 Å². The highest BCUT2D eigenvalue weighted by atomic mass is 35.5. The molecule has 10 heteroatoms. The van der Waals surface area contributed by atoms with Crippen molar-refractivity contribution < 1.29 is 22.3 Å². The van der Waals surface area contributed by atoms with Crippen molar-refractivity contribution in [2.45, 2.75) is 37.0 Å². The molecule has 1 fully saturated rings. The highest BCUT2D eigenvalue weighted by molar-refractivity contribution is 7.89. The Balaban J connectivity index is 1.61. The lowest BCUT2D eigenvalue weighted by Crippen LogP contribution is -2.48. The van der Waals surface area contributed by atoms with Crippen LogP contribution in [-0.4, -0.2) is 64.9 Å². The van der Waals surface area contributed by atoms with Gasteiger partial charge in [-0.05, 0) is 55.2 Å². The molecule has 0 radical (unpaired) electrons. The van der Waals surface area contributed by atoms with E-state index in [-0.39, 0.29) is 23.2 Å². The Morgan fingerprint density at radius 1 is 1.06 bits per heavy atom. The molecule has 1 N–H and O–H groups in total. The van der Waals surface area contributed by atoms with Crippen LogP contribution in [0.15, 0.2) is 47.4 Å². The number of piperazine rings is 1. The Hall–Kier alpha value is -2.36. The zero-order chi connectivity index (χ0) is 25.3. The average Bonchev–Trinajstić information content (AvgIpc) is 2.87. The molecule has 0 unspecified atom stereocenters. The Kier molecular flexibility index (Phi) is 10.2. The lowest BCUT2D eigenvalue weighted by Gasteiger charge is -2.37. The molecule has 35 heavy (non-hydrogen) atoms. The van der Waals surface area contributed by atoms with Gasteiger partial charge in [-0.1, -0.05) is 18.6 Å². The molecule has 0 spiro atoms. The zero-order valence-electron chi connectivity index (χ0n) is 20.0. The average molecular weight is 526 g/mol. The van der Waals surface area contributed by atoms with Crippen molar-refractivity contribution >= 4 is 33.2 Å². The van der Waals surface area contributed by atoms with Crippen molar-refractivity contribution in [3.05, 3.63) is 53.8 Å². The number of methoxy groups -OCH3 is 1. The summed E-state index contributed by atoms with van der Waals surface area (Å²) in [7, 11) is -2.19. The Morgan fingerprint density at radius 2 is 1.77 bits per heavy atom. The van der Waals surface area contributed by atoms with Crippen molar-refractivity contribution in [3.8, 4) is 5.75 Å². The minimum Gasteiger partial charge on any atom is -0.495 e. The molecule has 1 saturated heterocycles. The number of amides is 1. The van der Waals surface area contributed by atoms with Crippen LogP contribution >= 0.6 is 11.6 Å². The second kappa shape index (κ2) is 13.1. The molecule has 2 aromatic carbocycles. The summed E-state index contributed by atoms with van der Waals surface area (Å²) < 4.78 is 47.0. The van der Waals surface area contributed by atoms with E-state index in [0.29, 0.717) is 56.3 Å². The number of anilines is 1. The minimum atomic E-state index is -3.74. The molecular formula is C25H33ClFN3O4S. The van der Waals surface area contributed by atoms with Crippen LogP contribution < -0.4 is 14.4 Å². The summed E-state index contributed by atoms with van der Waals surface area (Å²) >= 11 is 5.69. The molecule has 1 amide bonds. The summed E-state index contributed by atoms with van der Waals surface area (Å²) in [5, 5.41) is 0. The van der Waals surface area contributed by atoms with Gasteiger partial charge in [-0.2, -0.15) is 0 Å². The molecule has 0 bridgehead atoms. The number of nitrogens with zero attached hydrogens (tertiary/aromatic N) is 2. The maximum Gasteiger partial charge on any atom is 0.240 e. The van der Waals surface area contributed by atoms with Gasteiger partial charge in [0.15, 0.2) is 0 Å². The Labute approximate surface area is 212 Å². The largest absolute Gasteiger partial charge is 0.495 e. The topological polar surface area (TPSA) is 79.0 Å². The molecule has 0 atom stereocenters. The first-order valence-electron chi connectivity index (χ1n) is 11.8. The van der Waals surface area contributed by atoms with Gasteiger partial charge in [-0.25, -0.2) is 17.5 Å². The van der Waals surface area contributed by atoms with Gasteiger partial charge in [0.2, 0.25) is 15.9 Å². The first kappa shape index (κ1) is 27.2. The molecule has 1 heterocycles. The molecule has 192 valence electrons. The van der Waals surface area contributed by atoms with Crippen molar-refractivity contribution in [1.29, 1.82) is 0 Å². The predicted molar refractivity (Wildman–Crippen MR) is 136 cm³/mol. The SMILES string of the molecule is COc1ccc(S(=O)(=O)NCCc2ccc(F)cc2)cc1N1CCN(C(=O)CCCCCCl)CC1. The van der Waals surface area contributed by atoms with Gasteiger partial charge in [0, 0.05) is 45.0 Å². The van der Waals surface area contributed by atoms with Crippen molar-refractivity contribution in [3.63, 3.8) is 0 Å². The number of sulfonamides is 1. The van der Waals surface area contributed by atoms with Gasteiger partial charge >= 0.3 is 0 Å². The zero-order valence-corrected chi connectivity index (χ0v) is 21.6. The number of alkyl halides is 1. The second-order valence-corrected chi connectivity index (χ2v) is 10.6. The minimum absolute atomic E-state index is 0.144. The fraction of sp³-hybridized carbons (Fsp3) is 0.480. The maximum atomic E-state index is 13.1. The predicted octanol–water partition coefficient (Wildman–Crippen LogP) is 3.80. The highest BCUT2D eigenvalue weighted by Crippen LogP contribution is 2.32. The number of carbonyl (C=O) groups is 1. The summed E-state index contributed by atoms with van der Waals surface area (Å²) in [5.41, 5.74) is 1.53. The van der Waals surface area contributed by atoms with E-state index in [4.69, 9.17) is 16.3 Å². The van der Waals surface area contributed by atoms with E-state index < -0.39 is 10.0 Å². The quantitative estimate of drug-likeness (QED) is 0.337. The van der Waals surface area contributed by atoms with Gasteiger partial charge in [0.1, 0.15) is 11.6 Å². The number of benzene rings is 2. The fourth-order valence-electron chi connectivity index (χ4n) is 4.05. The molecule has 0 saturated carbocycles. The van der Waals surface area contributed by atoms with Gasteiger partial charge < -0.3 is 14.5 Å². The maximum absolute atomic E-state index is 13.1. The number of ether oxygens (including phenoxy) is 1. The summed E-state index contributed by atoms with van der Waals surface area (Å²) in [6.45, 7) is 2.52. The van der Waals surface area contributed by atoms with Crippen LogP contribution in [-0.2, 0) is 21.2 Å². The van der Waals surface area contributed by atoms with E-state index >= 15 is 0 Å². The lowest BCUT2D eigenvalue weighted by atomic mass is 10.1. The van der Waals surface area contributed by atoms with Crippen molar-refractivity contribution in [2.24, 2.45) is 0 Å². The molecule has 2 aromatic rings. The summed E-state index contributed by atoms with van der Waals surface area (Å²) in [4.78, 5) is 16.5. The number of halogens is 2. The molecular weight excluding hydrogens is 493 g/mol. The van der Waals surface area contributed by atoms with E-state index in [1.165, 1.54) is 18.2 Å². The van der Waals surface area contributed by atoms with E-state index in [9.17, 15) is 17.6 Å². The van der Waals surface area contributed by atoms with E-state index in [2.05, 4.69) is 4.72 Å². The molecule has 3 rings (SSSR count). The van der Waals surface area contributed by atoms with Crippen LogP contribution in [0.2, 0.25) is 0 Å². The third-order valence-corrected chi connectivity index (χ3v) is 7.80. The third-order valence-electron chi connectivity index (χ3n) is 6.08. The van der Waals surface area contributed by atoms with Crippen LogP contribution in [0.4, 0.5) is 10.1 Å². The number of rotatable bonds is 12. The standard InChI is InChI=1S/C25H33ClFN3O4S/c1-34-24-11-10-22(35(32,33)28-14-12-20-6-8-21(27)9-7-20)19-23(24)29-15-17-30(18-16-29)25(31)5-3-2-4-13-26/h6-11,19,28H,2-5,12-18H2,1H3. The highest BCUT2D eigenvalue weighted by Gasteiger charge is 2.24. The van der Waals surface area contributed by atoms with Crippen molar-refractivity contribution in [1.82, 2.24) is 9.62 Å². The molecule has 0 aromatic heterocycles. The van der Waals surface area contributed by atoms with Crippen molar-refractivity contribution in [2.75, 3.05) is 50.6 Å². The first-order valence-corrected chi connectivity index (χ1v) is 13.9. The normalized spacial score (nSPS) is 14.3. The van der Waals surface area contributed by atoms with Gasteiger partial charge in [-0.3, -0.25) is 4.79 Å². The van der Waals surface area contributed by atoms with Crippen LogP contribution in [0, 0.1) is 5.82 Å². The molecule has 1 aliphatic heterocycles. The fourth-order valence-corrected chi connectivity index (χ4v) is 5.29. The van der Waals surface area contributed by atoms with Crippen LogP contribution in [0.5, 0.6) is 5.75 Å². The number of nitrogens with one attached hydrogen (secondary N) is 1. The second-order valence-electron chi connectivity index (χ2n) is 8.48. The smallest absolute Gasteiger partial charge is 0.240 e. The lowest BCUT2D eigenvalue weighted by molar-refractivity contribution is -0.131. The van der Waals surface area contributed by atoms with Gasteiger partial charge in [0.05, 0.1) is 17.7 Å². The molecule has 1 aliphatic rings. The number of unbranched alkanes of at least 4 members (excludes halogenated alkanes) is 2. The number of carbonyl (C=O) groups excluding carboxylic acids is 1. The van der Waals surface area contributed by atoms with E-state index in [1.54, 1.807) is 31.4 Å². The first-order chi connectivity index (χ1) is 16.8. The molecule has 0 aliphatic carbocycles. The van der Waals surface area contributed by atoms with Crippen LogP contribution in [0.1, 0.15) is 31.2 Å². The summed E-state index contributed by atoms with van der Waals surface area (Å²) in [6.07, 6.45) is 3.68. The number of hydrogen-bond acceptors (Lipinski definition) is 5. The summed E-state index contributed by atoms with van der Waals surface area (Å²) in [6, 6.07) is 10.8. The van der Waals surface area contributed by atoms with Gasteiger partial charge in [0.25, 0.3) is 0 Å². The van der Waals surface area contributed by atoms with E-state index in [1.807, 2.05) is 9.80 Å². The molecule has 7 nitrogen and oxygen atoms in total. The Bertz CT molecular complexity index is 1070. The number of hydrogen-bond donors (Lipinski definition) is 1. The summed E-state index contributed by atoms with van der Waals surface area (Å²) in [5.74, 6) is 1.02.